The minimum Gasteiger partial charge on any atom is -0.461 e. The van der Waals surface area contributed by atoms with Crippen LogP contribution in [0.3, 0.4) is 0 Å². The lowest BCUT2D eigenvalue weighted by atomic mass is 9.90. The molecule has 3 N–H and O–H groups in total. The number of hydrogen-bond donors (Lipinski definition) is 2. The molecule has 4 saturated heterocycles. The normalized spacial score (nSPS) is 28.1. The monoisotopic (exact) mass is 649 g/mol. The van der Waals surface area contributed by atoms with Gasteiger partial charge in [-0.2, -0.15) is 9.97 Å². The number of thiazole rings is 1. The van der Waals surface area contributed by atoms with Crippen LogP contribution in [0.15, 0.2) is 30.4 Å². The number of rotatable bonds is 6. The Labute approximate surface area is 268 Å². The zero-order valence-electron chi connectivity index (χ0n) is 24.8. The SMILES string of the molecule is C=C1CN2CCC[C@@]2(COc2nc(N3C[C@@H]4CC[C@](C5CC5)(C3)N4)c3cc(Cl)c(-c4ccc(F)c5sc(N)nc45)c(F)c3n2)C1. The highest BCUT2D eigenvalue weighted by Gasteiger charge is 2.53. The van der Waals surface area contributed by atoms with E-state index in [9.17, 15) is 4.39 Å². The van der Waals surface area contributed by atoms with Gasteiger partial charge in [-0.3, -0.25) is 4.90 Å². The number of aromatic nitrogens is 3. The van der Waals surface area contributed by atoms with E-state index in [0.29, 0.717) is 35.3 Å². The van der Waals surface area contributed by atoms with Crippen LogP contribution < -0.4 is 20.7 Å². The molecule has 12 heteroatoms. The molecule has 0 unspecified atom stereocenters. The molecule has 0 radical (unpaired) electrons. The Balaban J connectivity index is 1.19. The van der Waals surface area contributed by atoms with Crippen molar-refractivity contribution in [1.82, 2.24) is 25.2 Å². The Kier molecular flexibility index (Phi) is 6.21. The third-order valence-corrected chi connectivity index (χ3v) is 12.0. The number of anilines is 2. The highest BCUT2D eigenvalue weighted by molar-refractivity contribution is 7.22. The van der Waals surface area contributed by atoms with Crippen LogP contribution in [-0.4, -0.2) is 69.8 Å². The van der Waals surface area contributed by atoms with Gasteiger partial charge in [0.05, 0.1) is 20.8 Å². The van der Waals surface area contributed by atoms with E-state index in [1.807, 2.05) is 0 Å². The predicted octanol–water partition coefficient (Wildman–Crippen LogP) is 6.31. The van der Waals surface area contributed by atoms with E-state index >= 15 is 4.39 Å². The maximum atomic E-state index is 16.9. The zero-order valence-corrected chi connectivity index (χ0v) is 26.4. The summed E-state index contributed by atoms with van der Waals surface area (Å²) in [6, 6.07) is 5.03. The van der Waals surface area contributed by atoms with Crippen LogP contribution in [0.4, 0.5) is 19.7 Å². The number of nitrogens with two attached hydrogens (primary N) is 1. The fourth-order valence-corrected chi connectivity index (χ4v) is 9.77. The molecule has 45 heavy (non-hydrogen) atoms. The van der Waals surface area contributed by atoms with Crippen LogP contribution in [0.25, 0.3) is 32.2 Å². The number of nitrogens with zero attached hydrogens (tertiary/aromatic N) is 5. The molecular weight excluding hydrogens is 616 g/mol. The van der Waals surface area contributed by atoms with Gasteiger partial charge in [0.2, 0.25) is 0 Å². The van der Waals surface area contributed by atoms with E-state index in [4.69, 9.17) is 32.0 Å². The van der Waals surface area contributed by atoms with Crippen molar-refractivity contribution in [2.24, 2.45) is 5.92 Å². The third kappa shape index (κ3) is 4.37. The summed E-state index contributed by atoms with van der Waals surface area (Å²) in [6.07, 6.45) is 7.70. The van der Waals surface area contributed by atoms with E-state index in [1.54, 1.807) is 6.07 Å². The van der Waals surface area contributed by atoms with Crippen molar-refractivity contribution in [3.63, 3.8) is 0 Å². The van der Waals surface area contributed by atoms with Crippen LogP contribution >= 0.6 is 22.9 Å². The van der Waals surface area contributed by atoms with E-state index in [1.165, 1.54) is 30.5 Å². The minimum atomic E-state index is -0.615. The first-order valence-corrected chi connectivity index (χ1v) is 17.0. The summed E-state index contributed by atoms with van der Waals surface area (Å²) in [7, 11) is 0. The summed E-state index contributed by atoms with van der Waals surface area (Å²) in [5, 5.41) is 4.83. The Hall–Kier alpha value is -3.12. The molecule has 3 atom stereocenters. The van der Waals surface area contributed by atoms with Gasteiger partial charge in [-0.25, -0.2) is 13.8 Å². The van der Waals surface area contributed by atoms with E-state index < -0.39 is 11.6 Å². The summed E-state index contributed by atoms with van der Waals surface area (Å²) >= 11 is 7.92. The highest BCUT2D eigenvalue weighted by Crippen LogP contribution is 2.49. The van der Waals surface area contributed by atoms with E-state index in [-0.39, 0.29) is 48.5 Å². The molecule has 4 aliphatic heterocycles. The molecule has 6 heterocycles. The summed E-state index contributed by atoms with van der Waals surface area (Å²) in [5.74, 6) is 0.207. The molecule has 234 valence electrons. The molecule has 0 amide bonds. The molecule has 5 aliphatic rings. The third-order valence-electron chi connectivity index (χ3n) is 10.8. The highest BCUT2D eigenvalue weighted by atomic mass is 35.5. The topological polar surface area (TPSA) is 92.4 Å². The average Bonchev–Trinajstić information content (AvgIpc) is 3.46. The molecule has 9 rings (SSSR count). The lowest BCUT2D eigenvalue weighted by Crippen LogP contribution is -2.61. The number of fused-ring (bicyclic) bond motifs is 5. The number of ether oxygens (including phenoxy) is 1. The summed E-state index contributed by atoms with van der Waals surface area (Å²) in [5.41, 5.74) is 7.94. The van der Waals surface area contributed by atoms with Crippen LogP contribution in [-0.2, 0) is 0 Å². The Morgan fingerprint density at radius 1 is 1.16 bits per heavy atom. The van der Waals surface area contributed by atoms with Crippen LogP contribution in [0.5, 0.6) is 6.01 Å². The lowest BCUT2D eigenvalue weighted by Gasteiger charge is -2.42. The molecular formula is C33H34ClF2N7OS. The van der Waals surface area contributed by atoms with Gasteiger partial charge in [-0.05, 0) is 75.6 Å². The van der Waals surface area contributed by atoms with Gasteiger partial charge >= 0.3 is 6.01 Å². The average molecular weight is 650 g/mol. The van der Waals surface area contributed by atoms with E-state index in [2.05, 4.69) is 26.7 Å². The fraction of sp³-hybridized carbons (Fsp3) is 0.485. The Morgan fingerprint density at radius 2 is 2.02 bits per heavy atom. The molecule has 1 aliphatic carbocycles. The quantitative estimate of drug-likeness (QED) is 0.235. The van der Waals surface area contributed by atoms with Gasteiger partial charge in [0, 0.05) is 47.7 Å². The van der Waals surface area contributed by atoms with Crippen LogP contribution in [0.2, 0.25) is 5.02 Å². The molecule has 2 aromatic heterocycles. The largest absolute Gasteiger partial charge is 0.461 e. The summed E-state index contributed by atoms with van der Waals surface area (Å²) < 4.78 is 38.3. The second-order valence-corrected chi connectivity index (χ2v) is 15.2. The van der Waals surface area contributed by atoms with Crippen LogP contribution in [0.1, 0.15) is 44.9 Å². The molecule has 4 aromatic rings. The molecule has 1 saturated carbocycles. The standard InChI is InChI=1S/C33H34ClF2N7OS/c1-17-12-32(8-2-10-43(32)13-17)16-44-31-39-26-21(29(40-31)42-14-19-7-9-33(15-42,41-19)18-3-4-18)11-22(34)24(25(26)36)20-5-6-23(35)28-27(20)38-30(37)45-28/h5-6,11,18-19,41H,1-4,7-10,12-16H2,(H2,37,38)/t19-,32-,33+/m0/s1. The number of nitrogen functional groups attached to an aromatic ring is 1. The van der Waals surface area contributed by atoms with Gasteiger partial charge in [0.25, 0.3) is 0 Å². The fourth-order valence-electron chi connectivity index (χ4n) is 8.72. The first-order valence-electron chi connectivity index (χ1n) is 15.8. The Bertz CT molecular complexity index is 1920. The predicted molar refractivity (Wildman–Crippen MR) is 174 cm³/mol. The van der Waals surface area contributed by atoms with Gasteiger partial charge in [-0.15, -0.1) is 0 Å². The van der Waals surface area contributed by atoms with Gasteiger partial charge in [0.1, 0.15) is 23.8 Å². The van der Waals surface area contributed by atoms with Crippen LogP contribution in [0, 0.1) is 17.6 Å². The first-order chi connectivity index (χ1) is 21.7. The number of halogens is 3. The summed E-state index contributed by atoms with van der Waals surface area (Å²) in [6.45, 7) is 8.09. The molecule has 2 bridgehead atoms. The second kappa shape index (κ2) is 9.94. The smallest absolute Gasteiger partial charge is 0.319 e. The van der Waals surface area contributed by atoms with Gasteiger partial charge in [-0.1, -0.05) is 35.1 Å². The zero-order chi connectivity index (χ0) is 30.7. The second-order valence-electron chi connectivity index (χ2n) is 13.8. The number of nitrogens with one attached hydrogen (secondary N) is 1. The lowest BCUT2D eigenvalue weighted by molar-refractivity contribution is 0.108. The van der Waals surface area contributed by atoms with Crippen molar-refractivity contribution < 1.29 is 13.5 Å². The maximum absolute atomic E-state index is 16.9. The van der Waals surface area contributed by atoms with Crippen molar-refractivity contribution >= 4 is 55.0 Å². The van der Waals surface area contributed by atoms with Crippen molar-refractivity contribution in [2.75, 3.05) is 43.4 Å². The first kappa shape index (κ1) is 28.1. The molecule has 5 fully saturated rings. The molecule has 2 aromatic carbocycles. The van der Waals surface area contributed by atoms with Gasteiger partial charge < -0.3 is 20.7 Å². The van der Waals surface area contributed by atoms with Gasteiger partial charge in [0.15, 0.2) is 10.9 Å². The number of piperazine rings is 1. The van der Waals surface area contributed by atoms with Crippen molar-refractivity contribution in [2.45, 2.75) is 62.1 Å². The summed E-state index contributed by atoms with van der Waals surface area (Å²) in [4.78, 5) is 18.8. The maximum Gasteiger partial charge on any atom is 0.319 e. The van der Waals surface area contributed by atoms with E-state index in [0.717, 1.165) is 69.6 Å². The van der Waals surface area contributed by atoms with Crippen molar-refractivity contribution in [3.8, 4) is 17.1 Å². The van der Waals surface area contributed by atoms with Crippen molar-refractivity contribution in [1.29, 1.82) is 0 Å². The Morgan fingerprint density at radius 3 is 2.87 bits per heavy atom. The van der Waals surface area contributed by atoms with Crippen molar-refractivity contribution in [3.05, 3.63) is 47.0 Å². The number of benzene rings is 2. The molecule has 8 nitrogen and oxygen atoms in total. The minimum absolute atomic E-state index is 0.0429. The number of hydrogen-bond acceptors (Lipinski definition) is 9. The molecule has 0 spiro atoms.